The molecule has 10 heteroatoms. The van der Waals surface area contributed by atoms with Gasteiger partial charge in [0, 0.05) is 24.0 Å². The number of amides is 3. The van der Waals surface area contributed by atoms with Gasteiger partial charge in [0.2, 0.25) is 5.91 Å². The van der Waals surface area contributed by atoms with E-state index in [0.29, 0.717) is 37.3 Å². The quantitative estimate of drug-likeness (QED) is 0.281. The fraction of sp³-hybridized carbons (Fsp3) is 0.467. The summed E-state index contributed by atoms with van der Waals surface area (Å²) in [5.74, 6) is -0.143. The van der Waals surface area contributed by atoms with Gasteiger partial charge in [-0.1, -0.05) is 80.9 Å². The lowest BCUT2D eigenvalue weighted by Gasteiger charge is -2.29. The number of hydrogen-bond donors (Lipinski definition) is 4. The molecule has 1 fully saturated rings. The van der Waals surface area contributed by atoms with Crippen molar-refractivity contribution in [3.8, 4) is 0 Å². The Balaban J connectivity index is 1.64. The first kappa shape index (κ1) is 30.9. The monoisotopic (exact) mass is 569 g/mol. The van der Waals surface area contributed by atoms with E-state index in [2.05, 4.69) is 29.8 Å². The molecular formula is C30H40ClN5O4. The van der Waals surface area contributed by atoms with Gasteiger partial charge in [-0.3, -0.25) is 19.9 Å². The van der Waals surface area contributed by atoms with Crippen LogP contribution in [0.1, 0.15) is 57.6 Å². The van der Waals surface area contributed by atoms with Crippen molar-refractivity contribution >= 4 is 35.5 Å². The fourth-order valence-corrected chi connectivity index (χ4v) is 5.34. The molecule has 0 aromatic heterocycles. The molecule has 1 aliphatic heterocycles. The van der Waals surface area contributed by atoms with Crippen LogP contribution in [-0.2, 0) is 26.3 Å². The number of ether oxygens (including phenoxy) is 1. The zero-order valence-electron chi connectivity index (χ0n) is 23.6. The second kappa shape index (κ2) is 14.2. The average Bonchev–Trinajstić information content (AvgIpc) is 3.17. The molecule has 3 atom stereocenters. The molecular weight excluding hydrogens is 530 g/mol. The summed E-state index contributed by atoms with van der Waals surface area (Å²) in [5.41, 5.74) is 0.619. The molecule has 3 rings (SSSR count). The van der Waals surface area contributed by atoms with Gasteiger partial charge < -0.3 is 20.7 Å². The Morgan fingerprint density at radius 2 is 1.77 bits per heavy atom. The van der Waals surface area contributed by atoms with E-state index in [1.165, 1.54) is 12.0 Å². The Bertz CT molecular complexity index is 1190. The molecule has 0 aliphatic carbocycles. The van der Waals surface area contributed by atoms with Gasteiger partial charge in [0.1, 0.15) is 11.6 Å². The molecule has 0 spiro atoms. The van der Waals surface area contributed by atoms with Gasteiger partial charge in [-0.15, -0.1) is 0 Å². The number of nitrogens with zero attached hydrogens (tertiary/aromatic N) is 1. The number of nitrogens with one attached hydrogen (secondary N) is 4. The largest absolute Gasteiger partial charge is 0.453 e. The Kier molecular flexibility index (Phi) is 11.0. The highest BCUT2D eigenvalue weighted by Crippen LogP contribution is 2.35. The highest BCUT2D eigenvalue weighted by molar-refractivity contribution is 6.31. The molecule has 0 bridgehead atoms. The van der Waals surface area contributed by atoms with Gasteiger partial charge in [-0.05, 0) is 48.8 Å². The summed E-state index contributed by atoms with van der Waals surface area (Å²) in [5, 5.41) is 17.9. The first-order chi connectivity index (χ1) is 19.1. The highest BCUT2D eigenvalue weighted by atomic mass is 35.5. The predicted octanol–water partition coefficient (Wildman–Crippen LogP) is 4.59. The SMILES string of the molecule is CC[C@@H](CCCN1C(=N)N[C@](CC(C)C)(c2ccccc2)C1=O)NC(=O)[C@H](Cc1ccccc1Cl)NC(=O)OC. The number of guanidine groups is 1. The lowest BCUT2D eigenvalue weighted by Crippen LogP contribution is -2.50. The molecule has 0 saturated carbocycles. The molecule has 2 aromatic carbocycles. The van der Waals surface area contributed by atoms with Gasteiger partial charge in [0.25, 0.3) is 5.91 Å². The molecule has 4 N–H and O–H groups in total. The Labute approximate surface area is 241 Å². The molecule has 0 radical (unpaired) electrons. The molecule has 9 nitrogen and oxygen atoms in total. The third-order valence-electron chi connectivity index (χ3n) is 7.14. The van der Waals surface area contributed by atoms with Gasteiger partial charge >= 0.3 is 6.09 Å². The van der Waals surface area contributed by atoms with E-state index in [1.54, 1.807) is 12.1 Å². The van der Waals surface area contributed by atoms with Crippen LogP contribution in [0.4, 0.5) is 4.79 Å². The summed E-state index contributed by atoms with van der Waals surface area (Å²) in [6.07, 6.45) is 1.91. The predicted molar refractivity (Wildman–Crippen MR) is 156 cm³/mol. The van der Waals surface area contributed by atoms with Crippen LogP contribution in [0.2, 0.25) is 5.02 Å². The first-order valence-corrected chi connectivity index (χ1v) is 14.1. The zero-order chi connectivity index (χ0) is 29.3. The number of methoxy groups -OCH3 is 1. The van der Waals surface area contributed by atoms with Crippen molar-refractivity contribution in [2.45, 2.75) is 70.5 Å². The van der Waals surface area contributed by atoms with Crippen molar-refractivity contribution in [1.29, 1.82) is 5.41 Å². The molecule has 1 saturated heterocycles. The third-order valence-corrected chi connectivity index (χ3v) is 7.51. The van der Waals surface area contributed by atoms with E-state index >= 15 is 0 Å². The van der Waals surface area contributed by atoms with Crippen molar-refractivity contribution in [1.82, 2.24) is 20.9 Å². The third kappa shape index (κ3) is 7.53. The maximum atomic E-state index is 13.7. The number of alkyl carbamates (subject to hydrolysis) is 1. The van der Waals surface area contributed by atoms with Crippen LogP contribution in [0.3, 0.4) is 0 Å². The topological polar surface area (TPSA) is 124 Å². The van der Waals surface area contributed by atoms with E-state index in [-0.39, 0.29) is 36.2 Å². The van der Waals surface area contributed by atoms with Gasteiger partial charge in [0.15, 0.2) is 5.96 Å². The summed E-state index contributed by atoms with van der Waals surface area (Å²) in [7, 11) is 1.24. The second-order valence-electron chi connectivity index (χ2n) is 10.5. The summed E-state index contributed by atoms with van der Waals surface area (Å²) in [4.78, 5) is 40.4. The van der Waals surface area contributed by atoms with Crippen LogP contribution in [0.5, 0.6) is 0 Å². The van der Waals surface area contributed by atoms with Crippen molar-refractivity contribution in [2.75, 3.05) is 13.7 Å². The zero-order valence-corrected chi connectivity index (χ0v) is 24.4. The van der Waals surface area contributed by atoms with E-state index in [9.17, 15) is 14.4 Å². The van der Waals surface area contributed by atoms with E-state index in [0.717, 1.165) is 11.1 Å². The number of rotatable bonds is 13. The van der Waals surface area contributed by atoms with E-state index in [1.807, 2.05) is 49.4 Å². The molecule has 1 heterocycles. The molecule has 3 amide bonds. The number of carbonyl (C=O) groups is 3. The van der Waals surface area contributed by atoms with Crippen molar-refractivity contribution in [2.24, 2.45) is 5.92 Å². The number of benzene rings is 2. The summed E-state index contributed by atoms with van der Waals surface area (Å²) in [6, 6.07) is 15.7. The Hall–Kier alpha value is -3.59. The van der Waals surface area contributed by atoms with Crippen LogP contribution < -0.4 is 16.0 Å². The molecule has 40 heavy (non-hydrogen) atoms. The Morgan fingerprint density at radius 3 is 2.40 bits per heavy atom. The first-order valence-electron chi connectivity index (χ1n) is 13.7. The fourth-order valence-electron chi connectivity index (χ4n) is 5.13. The summed E-state index contributed by atoms with van der Waals surface area (Å²) >= 11 is 6.29. The van der Waals surface area contributed by atoms with Crippen molar-refractivity contribution in [3.63, 3.8) is 0 Å². The standard InChI is InChI=1S/C30H40ClN5O4/c1-5-23(33-26(37)25(34-29(39)40-4)18-21-12-9-10-16-24(21)31)15-11-17-36-27(38)30(19-20(2)3,35-28(36)32)22-13-7-6-8-14-22/h6-10,12-14,16,20,23,25H,5,11,15,17-19H2,1-4H3,(H2,32,35)(H,33,37)(H,34,39)/t23-,25-,30+/m0/s1. The van der Waals surface area contributed by atoms with Crippen LogP contribution in [-0.4, -0.2) is 54.5 Å². The second-order valence-corrected chi connectivity index (χ2v) is 10.9. The molecule has 1 aliphatic rings. The average molecular weight is 570 g/mol. The smallest absolute Gasteiger partial charge is 0.407 e. The van der Waals surface area contributed by atoms with Crippen LogP contribution in [0, 0.1) is 11.3 Å². The van der Waals surface area contributed by atoms with E-state index in [4.69, 9.17) is 21.7 Å². The lowest BCUT2D eigenvalue weighted by atomic mass is 9.82. The van der Waals surface area contributed by atoms with Crippen molar-refractivity contribution < 1.29 is 19.1 Å². The van der Waals surface area contributed by atoms with E-state index < -0.39 is 17.7 Å². The maximum absolute atomic E-state index is 13.7. The number of hydrogen-bond acceptors (Lipinski definition) is 5. The van der Waals surface area contributed by atoms with Gasteiger partial charge in [-0.25, -0.2) is 4.79 Å². The lowest BCUT2D eigenvalue weighted by molar-refractivity contribution is -0.132. The minimum absolute atomic E-state index is 0.0914. The maximum Gasteiger partial charge on any atom is 0.407 e. The van der Waals surface area contributed by atoms with Crippen LogP contribution in [0.15, 0.2) is 54.6 Å². The normalized spacial score (nSPS) is 18.3. The minimum atomic E-state index is -0.962. The number of halogens is 1. The van der Waals surface area contributed by atoms with Gasteiger partial charge in [-0.2, -0.15) is 0 Å². The minimum Gasteiger partial charge on any atom is -0.453 e. The Morgan fingerprint density at radius 1 is 1.10 bits per heavy atom. The summed E-state index contributed by atoms with van der Waals surface area (Å²) in [6.45, 7) is 6.45. The molecule has 2 aromatic rings. The number of carbonyl (C=O) groups excluding carboxylic acids is 3. The van der Waals surface area contributed by atoms with Crippen LogP contribution >= 0.6 is 11.6 Å². The van der Waals surface area contributed by atoms with Gasteiger partial charge in [0.05, 0.1) is 7.11 Å². The van der Waals surface area contributed by atoms with Crippen molar-refractivity contribution in [3.05, 3.63) is 70.7 Å². The highest BCUT2D eigenvalue weighted by Gasteiger charge is 2.50. The molecule has 216 valence electrons. The molecule has 0 unspecified atom stereocenters. The summed E-state index contributed by atoms with van der Waals surface area (Å²) < 4.78 is 4.72. The van der Waals surface area contributed by atoms with Crippen LogP contribution in [0.25, 0.3) is 0 Å².